The average Bonchev–Trinajstić information content (AvgIpc) is 2.41. The Kier molecular flexibility index (Phi) is 13.0. The highest BCUT2D eigenvalue weighted by Crippen LogP contribution is 2.09. The molecule has 0 rings (SSSR count). The van der Waals surface area contributed by atoms with Crippen LogP contribution < -0.4 is 0 Å². The molecule has 0 amide bonds. The third-order valence-corrected chi connectivity index (χ3v) is 3.09. The summed E-state index contributed by atoms with van der Waals surface area (Å²) in [5.74, 6) is -0.147. The van der Waals surface area contributed by atoms with Crippen LogP contribution in [0.1, 0.15) is 72.1 Å². The molecule has 4 heteroatoms. The van der Waals surface area contributed by atoms with Crippen molar-refractivity contribution in [2.24, 2.45) is 0 Å². The van der Waals surface area contributed by atoms with Gasteiger partial charge >= 0.3 is 5.97 Å². The Morgan fingerprint density at radius 1 is 1.00 bits per heavy atom. The van der Waals surface area contributed by atoms with Crippen LogP contribution in [-0.2, 0) is 14.3 Å². The first kappa shape index (κ1) is 19.4. The predicted molar refractivity (Wildman–Crippen MR) is 80.7 cm³/mol. The molecule has 0 aromatic rings. The molecule has 0 heterocycles. The second-order valence-electron chi connectivity index (χ2n) is 5.55. The molecule has 20 heavy (non-hydrogen) atoms. The number of aliphatic hydroxyl groups is 1. The monoisotopic (exact) mass is 288 g/mol. The summed E-state index contributed by atoms with van der Waals surface area (Å²) >= 11 is 0. The first-order valence-corrected chi connectivity index (χ1v) is 8.01. The fourth-order valence-corrected chi connectivity index (χ4v) is 1.86. The van der Waals surface area contributed by atoms with Gasteiger partial charge in [-0.3, -0.25) is 4.79 Å². The number of aliphatic hydroxyl groups excluding tert-OH is 1. The van der Waals surface area contributed by atoms with E-state index in [1.165, 1.54) is 32.1 Å². The van der Waals surface area contributed by atoms with Gasteiger partial charge in [0.2, 0.25) is 0 Å². The average molecular weight is 288 g/mol. The molecule has 0 aliphatic carbocycles. The number of carbonyl (C=O) groups is 1. The maximum Gasteiger partial charge on any atom is 0.305 e. The minimum Gasteiger partial charge on any atom is -0.463 e. The Labute approximate surface area is 123 Å². The minimum atomic E-state index is -0.485. The first-order valence-electron chi connectivity index (χ1n) is 8.01. The van der Waals surface area contributed by atoms with Crippen LogP contribution in [0, 0.1) is 0 Å². The molecule has 0 fully saturated rings. The van der Waals surface area contributed by atoms with Gasteiger partial charge in [0.15, 0.2) is 0 Å². The Bertz CT molecular complexity index is 229. The summed E-state index contributed by atoms with van der Waals surface area (Å²) in [7, 11) is 0. The van der Waals surface area contributed by atoms with Gasteiger partial charge in [-0.2, -0.15) is 0 Å². The topological polar surface area (TPSA) is 55.8 Å². The van der Waals surface area contributed by atoms with Gasteiger partial charge < -0.3 is 14.6 Å². The van der Waals surface area contributed by atoms with E-state index in [2.05, 4.69) is 6.92 Å². The van der Waals surface area contributed by atoms with Crippen LogP contribution in [0.2, 0.25) is 0 Å². The van der Waals surface area contributed by atoms with E-state index in [9.17, 15) is 4.79 Å². The molecule has 0 aromatic heterocycles. The van der Waals surface area contributed by atoms with Crippen LogP contribution in [0.15, 0.2) is 0 Å². The zero-order chi connectivity index (χ0) is 15.2. The predicted octanol–water partition coefficient (Wildman–Crippen LogP) is 3.46. The fraction of sp³-hybridized carbons (Fsp3) is 0.938. The molecule has 0 aromatic carbocycles. The van der Waals surface area contributed by atoms with Gasteiger partial charge in [0.05, 0.1) is 18.8 Å². The highest BCUT2D eigenvalue weighted by molar-refractivity contribution is 5.69. The number of hydrogen-bond donors (Lipinski definition) is 1. The molecule has 0 saturated carbocycles. The lowest BCUT2D eigenvalue weighted by atomic mass is 10.1. The van der Waals surface area contributed by atoms with Crippen LogP contribution >= 0.6 is 0 Å². The van der Waals surface area contributed by atoms with Gasteiger partial charge in [-0.1, -0.05) is 45.4 Å². The van der Waals surface area contributed by atoms with Gasteiger partial charge in [0.1, 0.15) is 6.61 Å². The van der Waals surface area contributed by atoms with Crippen molar-refractivity contribution in [1.82, 2.24) is 0 Å². The normalized spacial score (nSPS) is 14.0. The second-order valence-corrected chi connectivity index (χ2v) is 5.55. The van der Waals surface area contributed by atoms with Crippen molar-refractivity contribution in [3.63, 3.8) is 0 Å². The molecule has 0 radical (unpaired) electrons. The van der Waals surface area contributed by atoms with Gasteiger partial charge in [-0.25, -0.2) is 0 Å². The SMILES string of the molecule is CCCCCCCCCC(=O)OCC(C)OCC(C)O. The van der Waals surface area contributed by atoms with Crippen molar-refractivity contribution in [3.8, 4) is 0 Å². The lowest BCUT2D eigenvalue weighted by Gasteiger charge is -2.14. The van der Waals surface area contributed by atoms with E-state index in [1.807, 2.05) is 6.92 Å². The Hall–Kier alpha value is -0.610. The molecule has 0 saturated heterocycles. The van der Waals surface area contributed by atoms with Crippen molar-refractivity contribution in [3.05, 3.63) is 0 Å². The smallest absolute Gasteiger partial charge is 0.305 e. The molecule has 2 atom stereocenters. The van der Waals surface area contributed by atoms with Crippen molar-refractivity contribution in [1.29, 1.82) is 0 Å². The maximum absolute atomic E-state index is 11.5. The standard InChI is InChI=1S/C16H32O4/c1-4-5-6-7-8-9-10-11-16(18)20-13-15(3)19-12-14(2)17/h14-15,17H,4-13H2,1-3H3. The minimum absolute atomic E-state index is 0.147. The molecule has 4 nitrogen and oxygen atoms in total. The molecule has 0 spiro atoms. The Morgan fingerprint density at radius 2 is 1.60 bits per heavy atom. The van der Waals surface area contributed by atoms with Crippen LogP contribution in [0.4, 0.5) is 0 Å². The summed E-state index contributed by atoms with van der Waals surface area (Å²) in [6.45, 7) is 6.25. The van der Waals surface area contributed by atoms with Crippen LogP contribution in [0.25, 0.3) is 0 Å². The molecular formula is C16H32O4. The van der Waals surface area contributed by atoms with Gasteiger partial charge in [0.25, 0.3) is 0 Å². The lowest BCUT2D eigenvalue weighted by molar-refractivity contribution is -0.148. The number of carbonyl (C=O) groups excluding carboxylic acids is 1. The summed E-state index contributed by atoms with van der Waals surface area (Å²) in [4.78, 5) is 11.5. The van der Waals surface area contributed by atoms with Crippen molar-refractivity contribution in [2.75, 3.05) is 13.2 Å². The van der Waals surface area contributed by atoms with Crippen molar-refractivity contribution >= 4 is 5.97 Å². The van der Waals surface area contributed by atoms with Gasteiger partial charge in [-0.05, 0) is 20.3 Å². The lowest BCUT2D eigenvalue weighted by Crippen LogP contribution is -2.23. The summed E-state index contributed by atoms with van der Waals surface area (Å²) < 4.78 is 10.4. The van der Waals surface area contributed by atoms with E-state index in [4.69, 9.17) is 14.6 Å². The summed E-state index contributed by atoms with van der Waals surface area (Å²) in [6, 6.07) is 0. The van der Waals surface area contributed by atoms with Crippen LogP contribution in [-0.4, -0.2) is 36.5 Å². The van der Waals surface area contributed by atoms with E-state index in [0.29, 0.717) is 6.42 Å². The summed E-state index contributed by atoms with van der Waals surface area (Å²) in [5, 5.41) is 9.07. The zero-order valence-corrected chi connectivity index (χ0v) is 13.4. The van der Waals surface area contributed by atoms with Gasteiger partial charge in [0, 0.05) is 6.42 Å². The Morgan fingerprint density at radius 3 is 2.20 bits per heavy atom. The highest BCUT2D eigenvalue weighted by atomic mass is 16.6. The molecule has 0 aliphatic rings. The highest BCUT2D eigenvalue weighted by Gasteiger charge is 2.08. The van der Waals surface area contributed by atoms with Crippen molar-refractivity contribution in [2.45, 2.75) is 84.3 Å². The number of unbranched alkanes of at least 4 members (excludes halogenated alkanes) is 6. The molecule has 0 aliphatic heterocycles. The van der Waals surface area contributed by atoms with Gasteiger partial charge in [-0.15, -0.1) is 0 Å². The third-order valence-electron chi connectivity index (χ3n) is 3.09. The zero-order valence-electron chi connectivity index (χ0n) is 13.4. The first-order chi connectivity index (χ1) is 9.56. The van der Waals surface area contributed by atoms with Crippen LogP contribution in [0.5, 0.6) is 0 Å². The van der Waals surface area contributed by atoms with E-state index >= 15 is 0 Å². The largest absolute Gasteiger partial charge is 0.463 e. The van der Waals surface area contributed by atoms with E-state index in [1.54, 1.807) is 6.92 Å². The summed E-state index contributed by atoms with van der Waals surface area (Å²) in [6.07, 6.45) is 8.22. The molecule has 2 unspecified atom stereocenters. The quantitative estimate of drug-likeness (QED) is 0.416. The molecule has 0 bridgehead atoms. The number of esters is 1. The van der Waals surface area contributed by atoms with E-state index in [0.717, 1.165) is 12.8 Å². The second kappa shape index (κ2) is 13.4. The number of hydrogen-bond acceptors (Lipinski definition) is 4. The van der Waals surface area contributed by atoms with E-state index < -0.39 is 6.10 Å². The van der Waals surface area contributed by atoms with E-state index in [-0.39, 0.29) is 25.3 Å². The molecule has 1 N–H and O–H groups in total. The molecule has 120 valence electrons. The maximum atomic E-state index is 11.5. The van der Waals surface area contributed by atoms with Crippen molar-refractivity contribution < 1.29 is 19.4 Å². The van der Waals surface area contributed by atoms with Crippen LogP contribution in [0.3, 0.4) is 0 Å². The Balaban J connectivity index is 3.36. The number of ether oxygens (including phenoxy) is 2. The molecular weight excluding hydrogens is 256 g/mol. The summed E-state index contributed by atoms with van der Waals surface area (Å²) in [5.41, 5.74) is 0. The fourth-order valence-electron chi connectivity index (χ4n) is 1.86. The number of rotatable bonds is 13. The third kappa shape index (κ3) is 13.8.